The Balaban J connectivity index is 1.73. The van der Waals surface area contributed by atoms with Gasteiger partial charge < -0.3 is 14.7 Å². The average molecular weight is 281 g/mol. The summed E-state index contributed by atoms with van der Waals surface area (Å²) in [7, 11) is 0. The van der Waals surface area contributed by atoms with Crippen LogP contribution in [-0.2, 0) is 14.3 Å². The van der Waals surface area contributed by atoms with Crippen molar-refractivity contribution in [3.63, 3.8) is 0 Å². The molecule has 1 amide bonds. The molecule has 1 saturated heterocycles. The van der Waals surface area contributed by atoms with E-state index in [1.807, 2.05) is 4.90 Å². The van der Waals surface area contributed by atoms with Gasteiger partial charge in [-0.2, -0.15) is 0 Å². The summed E-state index contributed by atoms with van der Waals surface area (Å²) in [5.41, 5.74) is 0. The van der Waals surface area contributed by atoms with E-state index < -0.39 is 11.9 Å². The number of aliphatic carboxylic acids is 1. The molecule has 1 N–H and O–H groups in total. The first kappa shape index (κ1) is 13.9. The van der Waals surface area contributed by atoms with Crippen molar-refractivity contribution in [2.75, 3.05) is 13.2 Å². The average Bonchev–Trinajstić information content (AvgIpc) is 2.95. The molecule has 2 aliphatic carbocycles. The SMILES string of the molecule is O=C(O)C1CCCC1C(=O)N1CCOC2CCCCC21. The predicted molar refractivity (Wildman–Crippen MR) is 72.2 cm³/mol. The largest absolute Gasteiger partial charge is 0.481 e. The number of carboxylic acid groups (broad SMARTS) is 1. The molecule has 5 nitrogen and oxygen atoms in total. The predicted octanol–water partition coefficient (Wildman–Crippen LogP) is 1.66. The van der Waals surface area contributed by atoms with Crippen molar-refractivity contribution in [1.29, 1.82) is 0 Å². The molecule has 1 aliphatic heterocycles. The molecule has 3 fully saturated rings. The summed E-state index contributed by atoms with van der Waals surface area (Å²) >= 11 is 0. The second-order valence-corrected chi connectivity index (χ2v) is 6.27. The number of carbonyl (C=O) groups excluding carboxylic acids is 1. The Labute approximate surface area is 119 Å². The van der Waals surface area contributed by atoms with Crippen molar-refractivity contribution in [3.8, 4) is 0 Å². The molecule has 0 aromatic carbocycles. The lowest BCUT2D eigenvalue weighted by Crippen LogP contribution is -2.56. The van der Waals surface area contributed by atoms with Crippen molar-refractivity contribution in [2.24, 2.45) is 11.8 Å². The van der Waals surface area contributed by atoms with Crippen LogP contribution < -0.4 is 0 Å². The zero-order chi connectivity index (χ0) is 14.1. The topological polar surface area (TPSA) is 66.8 Å². The highest BCUT2D eigenvalue weighted by Crippen LogP contribution is 2.36. The number of rotatable bonds is 2. The first-order valence-electron chi connectivity index (χ1n) is 7.83. The molecule has 4 unspecified atom stereocenters. The Bertz CT molecular complexity index is 395. The fourth-order valence-corrected chi connectivity index (χ4v) is 4.13. The van der Waals surface area contributed by atoms with Gasteiger partial charge in [-0.25, -0.2) is 0 Å². The number of carbonyl (C=O) groups is 2. The summed E-state index contributed by atoms with van der Waals surface area (Å²) in [5, 5.41) is 9.27. The van der Waals surface area contributed by atoms with E-state index in [4.69, 9.17) is 4.74 Å². The lowest BCUT2D eigenvalue weighted by Gasteiger charge is -2.45. The van der Waals surface area contributed by atoms with Gasteiger partial charge in [0.2, 0.25) is 5.91 Å². The van der Waals surface area contributed by atoms with Gasteiger partial charge in [-0.05, 0) is 25.7 Å². The monoisotopic (exact) mass is 281 g/mol. The van der Waals surface area contributed by atoms with E-state index in [2.05, 4.69) is 0 Å². The number of amides is 1. The molecule has 0 aromatic heterocycles. The third-order valence-corrected chi connectivity index (χ3v) is 5.17. The lowest BCUT2D eigenvalue weighted by atomic mass is 9.87. The van der Waals surface area contributed by atoms with Gasteiger partial charge in [0, 0.05) is 6.54 Å². The van der Waals surface area contributed by atoms with Crippen LogP contribution in [0.3, 0.4) is 0 Å². The van der Waals surface area contributed by atoms with Gasteiger partial charge in [-0.3, -0.25) is 9.59 Å². The third-order valence-electron chi connectivity index (χ3n) is 5.17. The molecule has 4 atom stereocenters. The summed E-state index contributed by atoms with van der Waals surface area (Å²) in [5.74, 6) is -1.54. The van der Waals surface area contributed by atoms with Crippen molar-refractivity contribution in [1.82, 2.24) is 4.90 Å². The van der Waals surface area contributed by atoms with Gasteiger partial charge in [0.25, 0.3) is 0 Å². The Hall–Kier alpha value is -1.10. The van der Waals surface area contributed by atoms with Gasteiger partial charge >= 0.3 is 5.97 Å². The lowest BCUT2D eigenvalue weighted by molar-refractivity contribution is -0.159. The van der Waals surface area contributed by atoms with Crippen molar-refractivity contribution in [3.05, 3.63) is 0 Å². The highest BCUT2D eigenvalue weighted by atomic mass is 16.5. The quantitative estimate of drug-likeness (QED) is 0.836. The van der Waals surface area contributed by atoms with E-state index in [1.54, 1.807) is 0 Å². The van der Waals surface area contributed by atoms with E-state index >= 15 is 0 Å². The Morgan fingerprint density at radius 3 is 2.55 bits per heavy atom. The minimum absolute atomic E-state index is 0.0649. The van der Waals surface area contributed by atoms with Crippen LogP contribution in [0.5, 0.6) is 0 Å². The fraction of sp³-hybridized carbons (Fsp3) is 0.867. The van der Waals surface area contributed by atoms with Crippen LogP contribution in [0, 0.1) is 11.8 Å². The van der Waals surface area contributed by atoms with Gasteiger partial charge in [0.1, 0.15) is 0 Å². The summed E-state index contributed by atoms with van der Waals surface area (Å²) in [6, 6.07) is 0.181. The molecular weight excluding hydrogens is 258 g/mol. The molecule has 3 rings (SSSR count). The standard InChI is InChI=1S/C15H23NO4/c17-14(10-4-3-5-11(10)15(18)19)16-8-9-20-13-7-2-1-6-12(13)16/h10-13H,1-9H2,(H,18,19). The molecule has 0 aromatic rings. The van der Waals surface area contributed by atoms with Crippen LogP contribution in [0.1, 0.15) is 44.9 Å². The first-order chi connectivity index (χ1) is 9.68. The van der Waals surface area contributed by atoms with E-state index in [0.29, 0.717) is 19.6 Å². The normalized spacial score (nSPS) is 37.5. The number of hydrogen-bond donors (Lipinski definition) is 1. The zero-order valence-corrected chi connectivity index (χ0v) is 11.8. The minimum Gasteiger partial charge on any atom is -0.481 e. The van der Waals surface area contributed by atoms with Crippen LogP contribution in [0.2, 0.25) is 0 Å². The molecular formula is C15H23NO4. The van der Waals surface area contributed by atoms with Gasteiger partial charge in [-0.15, -0.1) is 0 Å². The highest BCUT2D eigenvalue weighted by molar-refractivity contribution is 5.85. The number of hydrogen-bond acceptors (Lipinski definition) is 3. The molecule has 0 spiro atoms. The van der Waals surface area contributed by atoms with Gasteiger partial charge in [0.15, 0.2) is 0 Å². The van der Waals surface area contributed by atoms with Gasteiger partial charge in [-0.1, -0.05) is 19.3 Å². The van der Waals surface area contributed by atoms with Crippen LogP contribution in [0.15, 0.2) is 0 Å². The van der Waals surface area contributed by atoms with Crippen LogP contribution >= 0.6 is 0 Å². The summed E-state index contributed by atoms with van der Waals surface area (Å²) in [6.45, 7) is 1.22. The smallest absolute Gasteiger partial charge is 0.307 e. The number of ether oxygens (including phenoxy) is 1. The maximum atomic E-state index is 12.8. The third kappa shape index (κ3) is 2.43. The van der Waals surface area contributed by atoms with Crippen LogP contribution in [0.4, 0.5) is 0 Å². The number of nitrogens with zero attached hydrogens (tertiary/aromatic N) is 1. The molecule has 1 heterocycles. The summed E-state index contributed by atoms with van der Waals surface area (Å²) < 4.78 is 5.79. The van der Waals surface area contributed by atoms with Crippen molar-refractivity contribution < 1.29 is 19.4 Å². The Morgan fingerprint density at radius 2 is 1.75 bits per heavy atom. The van der Waals surface area contributed by atoms with E-state index in [0.717, 1.165) is 32.1 Å². The fourth-order valence-electron chi connectivity index (χ4n) is 4.13. The zero-order valence-electron chi connectivity index (χ0n) is 11.8. The van der Waals surface area contributed by atoms with Gasteiger partial charge in [0.05, 0.1) is 30.6 Å². The van der Waals surface area contributed by atoms with E-state index in [9.17, 15) is 14.7 Å². The number of fused-ring (bicyclic) bond motifs is 1. The van der Waals surface area contributed by atoms with Crippen LogP contribution in [-0.4, -0.2) is 47.2 Å². The maximum Gasteiger partial charge on any atom is 0.307 e. The Kier molecular flexibility index (Phi) is 3.96. The van der Waals surface area contributed by atoms with E-state index in [-0.39, 0.29) is 24.0 Å². The molecule has 3 aliphatic rings. The molecule has 20 heavy (non-hydrogen) atoms. The van der Waals surface area contributed by atoms with Crippen molar-refractivity contribution in [2.45, 2.75) is 57.1 Å². The summed E-state index contributed by atoms with van der Waals surface area (Å²) in [4.78, 5) is 26.0. The molecule has 0 radical (unpaired) electrons. The maximum absolute atomic E-state index is 12.8. The molecule has 112 valence electrons. The second-order valence-electron chi connectivity index (χ2n) is 6.27. The number of carboxylic acids is 1. The second kappa shape index (κ2) is 5.72. The number of morpholine rings is 1. The van der Waals surface area contributed by atoms with Crippen molar-refractivity contribution >= 4 is 11.9 Å². The van der Waals surface area contributed by atoms with Crippen LogP contribution in [0.25, 0.3) is 0 Å². The highest BCUT2D eigenvalue weighted by Gasteiger charge is 2.44. The molecule has 5 heteroatoms. The Morgan fingerprint density at radius 1 is 1.00 bits per heavy atom. The van der Waals surface area contributed by atoms with E-state index in [1.165, 1.54) is 6.42 Å². The molecule has 0 bridgehead atoms. The summed E-state index contributed by atoms with van der Waals surface area (Å²) in [6.07, 6.45) is 6.74. The first-order valence-corrected chi connectivity index (χ1v) is 7.83. The molecule has 2 saturated carbocycles. The minimum atomic E-state index is -0.811.